The molecule has 0 saturated carbocycles. The second-order valence-corrected chi connectivity index (χ2v) is 7.12. The molecule has 0 spiro atoms. The molecule has 0 radical (unpaired) electrons. The number of carbonyl (C=O) groups is 1. The summed E-state index contributed by atoms with van der Waals surface area (Å²) in [6.07, 6.45) is 0.693. The summed E-state index contributed by atoms with van der Waals surface area (Å²) in [7, 11) is 0. The van der Waals surface area contributed by atoms with Gasteiger partial charge in [-0.15, -0.1) is 0 Å². The van der Waals surface area contributed by atoms with E-state index in [2.05, 4.69) is 15.4 Å². The topological polar surface area (TPSA) is 63.2 Å². The van der Waals surface area contributed by atoms with Gasteiger partial charge in [0, 0.05) is 30.2 Å². The first-order valence-electron chi connectivity index (χ1n) is 9.81. The fraction of sp³-hybridized carbons (Fsp3) is 0.364. The second kappa shape index (κ2) is 11.0. The molecule has 0 aliphatic carbocycles. The molecule has 2 aromatic rings. The number of rotatable bonds is 8. The number of benzene rings is 2. The van der Waals surface area contributed by atoms with Gasteiger partial charge >= 0.3 is 0 Å². The van der Waals surface area contributed by atoms with Crippen LogP contribution in [-0.2, 0) is 4.74 Å². The Kier molecular flexibility index (Phi) is 8.04. The Morgan fingerprint density at radius 1 is 1.10 bits per heavy atom. The SMILES string of the molecule is CC/C(=N/NC(=O)c1ccc(Cl)cc1)c1ccc(OCCN2CCOCC2)cc1. The summed E-state index contributed by atoms with van der Waals surface area (Å²) in [5, 5.41) is 4.88. The summed E-state index contributed by atoms with van der Waals surface area (Å²) >= 11 is 5.85. The molecule has 1 amide bonds. The van der Waals surface area contributed by atoms with Crippen molar-refractivity contribution in [3.05, 3.63) is 64.7 Å². The molecule has 7 heteroatoms. The van der Waals surface area contributed by atoms with E-state index in [1.165, 1.54) is 0 Å². The maximum absolute atomic E-state index is 12.2. The smallest absolute Gasteiger partial charge is 0.271 e. The average molecular weight is 416 g/mol. The van der Waals surface area contributed by atoms with E-state index in [0.29, 0.717) is 23.6 Å². The van der Waals surface area contributed by atoms with E-state index < -0.39 is 0 Å². The third-order valence-electron chi connectivity index (χ3n) is 4.70. The van der Waals surface area contributed by atoms with E-state index in [1.54, 1.807) is 24.3 Å². The van der Waals surface area contributed by atoms with Crippen LogP contribution in [0.25, 0.3) is 0 Å². The molecule has 3 rings (SSSR count). The molecular formula is C22H26ClN3O3. The van der Waals surface area contributed by atoms with Crippen LogP contribution in [-0.4, -0.2) is 56.0 Å². The first-order valence-corrected chi connectivity index (χ1v) is 10.2. The zero-order valence-corrected chi connectivity index (χ0v) is 17.3. The van der Waals surface area contributed by atoms with Crippen LogP contribution in [0.5, 0.6) is 5.75 Å². The standard InChI is InChI=1S/C22H26ClN3O3/c1-2-21(24-25-22(27)18-3-7-19(23)8-4-18)17-5-9-20(10-6-17)29-16-13-26-11-14-28-15-12-26/h3-10H,2,11-16H2,1H3,(H,25,27)/b24-21-. The highest BCUT2D eigenvalue weighted by Crippen LogP contribution is 2.14. The number of nitrogens with one attached hydrogen (secondary N) is 1. The quantitative estimate of drug-likeness (QED) is 0.528. The van der Waals surface area contributed by atoms with Gasteiger partial charge in [0.2, 0.25) is 0 Å². The van der Waals surface area contributed by atoms with Crippen LogP contribution >= 0.6 is 11.6 Å². The fourth-order valence-corrected chi connectivity index (χ4v) is 3.12. The Balaban J connectivity index is 1.52. The summed E-state index contributed by atoms with van der Waals surface area (Å²) in [6.45, 7) is 7.04. The number of hydrogen-bond acceptors (Lipinski definition) is 5. The summed E-state index contributed by atoms with van der Waals surface area (Å²) in [5.41, 5.74) is 4.87. The predicted octanol–water partition coefficient (Wildman–Crippen LogP) is 3.60. The zero-order valence-electron chi connectivity index (χ0n) is 16.6. The molecular weight excluding hydrogens is 390 g/mol. The van der Waals surface area contributed by atoms with Crippen molar-refractivity contribution < 1.29 is 14.3 Å². The second-order valence-electron chi connectivity index (χ2n) is 6.69. The van der Waals surface area contributed by atoms with Gasteiger partial charge in [-0.2, -0.15) is 5.10 Å². The first kappa shape index (κ1) is 21.3. The number of amides is 1. The minimum atomic E-state index is -0.268. The molecule has 1 heterocycles. The van der Waals surface area contributed by atoms with Crippen LogP contribution in [0, 0.1) is 0 Å². The Hall–Kier alpha value is -2.41. The van der Waals surface area contributed by atoms with Gasteiger partial charge in [0.1, 0.15) is 12.4 Å². The molecule has 0 aromatic heterocycles. The lowest BCUT2D eigenvalue weighted by Crippen LogP contribution is -2.38. The molecule has 0 bridgehead atoms. The van der Waals surface area contributed by atoms with Crippen molar-refractivity contribution in [3.8, 4) is 5.75 Å². The maximum atomic E-state index is 12.2. The summed E-state index contributed by atoms with van der Waals surface area (Å²) < 4.78 is 11.2. The van der Waals surface area contributed by atoms with Gasteiger partial charge in [0.05, 0.1) is 18.9 Å². The molecule has 1 aliphatic heterocycles. The maximum Gasteiger partial charge on any atom is 0.271 e. The van der Waals surface area contributed by atoms with E-state index in [-0.39, 0.29) is 5.91 Å². The fourth-order valence-electron chi connectivity index (χ4n) is 2.99. The van der Waals surface area contributed by atoms with Crippen molar-refractivity contribution in [1.29, 1.82) is 0 Å². The highest BCUT2D eigenvalue weighted by atomic mass is 35.5. The van der Waals surface area contributed by atoms with Gasteiger partial charge in [-0.1, -0.05) is 18.5 Å². The predicted molar refractivity (Wildman–Crippen MR) is 115 cm³/mol. The molecule has 1 fully saturated rings. The Labute approximate surface area is 176 Å². The number of morpholine rings is 1. The minimum absolute atomic E-state index is 0.268. The third-order valence-corrected chi connectivity index (χ3v) is 4.95. The van der Waals surface area contributed by atoms with Gasteiger partial charge in [-0.25, -0.2) is 5.43 Å². The van der Waals surface area contributed by atoms with Gasteiger partial charge in [-0.05, 0) is 60.5 Å². The van der Waals surface area contributed by atoms with E-state index in [9.17, 15) is 4.79 Å². The highest BCUT2D eigenvalue weighted by Gasteiger charge is 2.10. The van der Waals surface area contributed by atoms with Gasteiger partial charge < -0.3 is 9.47 Å². The molecule has 154 valence electrons. The number of carbonyl (C=O) groups excluding carboxylic acids is 1. The number of halogens is 1. The average Bonchev–Trinajstić information content (AvgIpc) is 2.76. The number of hydrazone groups is 1. The summed E-state index contributed by atoms with van der Waals surface area (Å²) in [4.78, 5) is 14.6. The Morgan fingerprint density at radius 3 is 2.41 bits per heavy atom. The molecule has 1 aliphatic rings. The van der Waals surface area contributed by atoms with Crippen molar-refractivity contribution >= 4 is 23.2 Å². The highest BCUT2D eigenvalue weighted by molar-refractivity contribution is 6.30. The Bertz CT molecular complexity index is 816. The first-order chi connectivity index (χ1) is 14.2. The van der Waals surface area contributed by atoms with Crippen LogP contribution < -0.4 is 10.2 Å². The van der Waals surface area contributed by atoms with Crippen molar-refractivity contribution in [2.75, 3.05) is 39.5 Å². The van der Waals surface area contributed by atoms with Crippen LogP contribution in [0.15, 0.2) is 53.6 Å². The molecule has 1 N–H and O–H groups in total. The molecule has 1 saturated heterocycles. The van der Waals surface area contributed by atoms with Crippen molar-refractivity contribution in [2.24, 2.45) is 5.10 Å². The monoisotopic (exact) mass is 415 g/mol. The lowest BCUT2D eigenvalue weighted by molar-refractivity contribution is 0.0322. The van der Waals surface area contributed by atoms with Gasteiger partial charge in [-0.3, -0.25) is 9.69 Å². The molecule has 0 unspecified atom stereocenters. The van der Waals surface area contributed by atoms with Crippen molar-refractivity contribution in [3.63, 3.8) is 0 Å². The van der Waals surface area contributed by atoms with Crippen LogP contribution in [0.2, 0.25) is 5.02 Å². The van der Waals surface area contributed by atoms with E-state index in [1.807, 2.05) is 31.2 Å². The van der Waals surface area contributed by atoms with Crippen LogP contribution in [0.1, 0.15) is 29.3 Å². The van der Waals surface area contributed by atoms with E-state index >= 15 is 0 Å². The van der Waals surface area contributed by atoms with Crippen LogP contribution in [0.3, 0.4) is 0 Å². The van der Waals surface area contributed by atoms with Gasteiger partial charge in [0.15, 0.2) is 0 Å². The lowest BCUT2D eigenvalue weighted by atomic mass is 10.1. The molecule has 2 aromatic carbocycles. The summed E-state index contributed by atoms with van der Waals surface area (Å²) in [5.74, 6) is 0.554. The van der Waals surface area contributed by atoms with E-state index in [0.717, 1.165) is 49.9 Å². The zero-order chi connectivity index (χ0) is 20.5. The van der Waals surface area contributed by atoms with Crippen molar-refractivity contribution in [1.82, 2.24) is 10.3 Å². The number of hydrogen-bond donors (Lipinski definition) is 1. The minimum Gasteiger partial charge on any atom is -0.492 e. The summed E-state index contributed by atoms with van der Waals surface area (Å²) in [6, 6.07) is 14.5. The Morgan fingerprint density at radius 2 is 1.76 bits per heavy atom. The molecule has 6 nitrogen and oxygen atoms in total. The van der Waals surface area contributed by atoms with Crippen LogP contribution in [0.4, 0.5) is 0 Å². The van der Waals surface area contributed by atoms with E-state index in [4.69, 9.17) is 21.1 Å². The number of nitrogens with zero attached hydrogens (tertiary/aromatic N) is 2. The number of ether oxygens (including phenoxy) is 2. The molecule has 29 heavy (non-hydrogen) atoms. The lowest BCUT2D eigenvalue weighted by Gasteiger charge is -2.26. The van der Waals surface area contributed by atoms with Gasteiger partial charge in [0.25, 0.3) is 5.91 Å². The normalized spacial score (nSPS) is 15.2. The largest absolute Gasteiger partial charge is 0.492 e. The molecule has 0 atom stereocenters. The van der Waals surface area contributed by atoms with Crippen molar-refractivity contribution in [2.45, 2.75) is 13.3 Å². The third kappa shape index (κ3) is 6.56.